The number of thiazole rings is 1. The third-order valence-electron chi connectivity index (χ3n) is 5.28. The summed E-state index contributed by atoms with van der Waals surface area (Å²) in [7, 11) is 0. The number of carbonyl (C=O) groups is 1. The fourth-order valence-corrected chi connectivity index (χ4v) is 4.99. The van der Waals surface area contributed by atoms with Crippen LogP contribution in [0.5, 0.6) is 0 Å². The minimum atomic E-state index is 0.0537. The molecule has 24 heavy (non-hydrogen) atoms. The Hall–Kier alpha value is -1.72. The van der Waals surface area contributed by atoms with Crippen molar-refractivity contribution in [1.29, 1.82) is 0 Å². The summed E-state index contributed by atoms with van der Waals surface area (Å²) in [4.78, 5) is 18.4. The van der Waals surface area contributed by atoms with Crippen LogP contribution in [0.25, 0.3) is 0 Å². The standard InChI is InChI=1S/C19H23N3OS/c20-15-8-6-14(10-15)18(23)22-19-21-16-9-7-13(11-17(16)24-19)12-4-2-1-3-5-12/h1-5,13-15H,6-11,20H2,(H,21,22,23). The molecule has 2 aliphatic carbocycles. The Balaban J connectivity index is 1.44. The van der Waals surface area contributed by atoms with E-state index in [0.29, 0.717) is 5.92 Å². The Bertz CT molecular complexity index is 727. The second-order valence-electron chi connectivity index (χ2n) is 7.00. The molecule has 0 spiro atoms. The number of rotatable bonds is 3. The molecule has 1 amide bonds. The number of amides is 1. The van der Waals surface area contributed by atoms with Gasteiger partial charge in [0.05, 0.1) is 5.69 Å². The number of fused-ring (bicyclic) bond motifs is 1. The lowest BCUT2D eigenvalue weighted by molar-refractivity contribution is -0.119. The molecule has 3 unspecified atom stereocenters. The largest absolute Gasteiger partial charge is 0.328 e. The van der Waals surface area contributed by atoms with Crippen LogP contribution < -0.4 is 11.1 Å². The zero-order chi connectivity index (χ0) is 16.5. The molecule has 1 heterocycles. The molecule has 2 aromatic rings. The fourth-order valence-electron chi connectivity index (χ4n) is 3.90. The molecule has 0 bridgehead atoms. The fraction of sp³-hybridized carbons (Fsp3) is 0.474. The summed E-state index contributed by atoms with van der Waals surface area (Å²) in [6, 6.07) is 10.9. The Labute approximate surface area is 146 Å². The van der Waals surface area contributed by atoms with E-state index in [4.69, 9.17) is 5.73 Å². The van der Waals surface area contributed by atoms with Crippen LogP contribution in [0.3, 0.4) is 0 Å². The lowest BCUT2D eigenvalue weighted by Crippen LogP contribution is -2.23. The summed E-state index contributed by atoms with van der Waals surface area (Å²) in [6.45, 7) is 0. The number of benzene rings is 1. The lowest BCUT2D eigenvalue weighted by Gasteiger charge is -2.21. The molecule has 126 valence electrons. The van der Waals surface area contributed by atoms with Crippen molar-refractivity contribution in [2.75, 3.05) is 5.32 Å². The molecule has 1 aromatic carbocycles. The van der Waals surface area contributed by atoms with Gasteiger partial charge in [0.15, 0.2) is 5.13 Å². The van der Waals surface area contributed by atoms with E-state index >= 15 is 0 Å². The summed E-state index contributed by atoms with van der Waals surface area (Å²) in [5, 5.41) is 3.79. The molecule has 0 radical (unpaired) electrons. The molecule has 3 atom stereocenters. The summed E-state index contributed by atoms with van der Waals surface area (Å²) in [6.07, 6.45) is 5.80. The van der Waals surface area contributed by atoms with Crippen molar-refractivity contribution in [2.45, 2.75) is 50.5 Å². The zero-order valence-electron chi connectivity index (χ0n) is 13.7. The number of nitrogens with two attached hydrogens (primary N) is 1. The van der Waals surface area contributed by atoms with Crippen LogP contribution in [0.4, 0.5) is 5.13 Å². The van der Waals surface area contributed by atoms with Crippen molar-refractivity contribution >= 4 is 22.4 Å². The predicted molar refractivity (Wildman–Crippen MR) is 97.3 cm³/mol. The van der Waals surface area contributed by atoms with E-state index in [-0.39, 0.29) is 17.9 Å². The van der Waals surface area contributed by atoms with E-state index < -0.39 is 0 Å². The van der Waals surface area contributed by atoms with Crippen LogP contribution in [0.2, 0.25) is 0 Å². The number of nitrogens with zero attached hydrogens (tertiary/aromatic N) is 1. The van der Waals surface area contributed by atoms with Gasteiger partial charge >= 0.3 is 0 Å². The highest BCUT2D eigenvalue weighted by molar-refractivity contribution is 7.15. The third-order valence-corrected chi connectivity index (χ3v) is 6.32. The topological polar surface area (TPSA) is 68.0 Å². The number of aryl methyl sites for hydroxylation is 1. The van der Waals surface area contributed by atoms with Crippen LogP contribution in [-0.2, 0) is 17.6 Å². The van der Waals surface area contributed by atoms with Gasteiger partial charge in [0.25, 0.3) is 0 Å². The number of hydrogen-bond donors (Lipinski definition) is 2. The highest BCUT2D eigenvalue weighted by atomic mass is 32.1. The SMILES string of the molecule is NC1CCC(C(=O)Nc2nc3c(s2)CC(c2ccccc2)CC3)C1. The first-order valence-corrected chi connectivity index (χ1v) is 9.60. The Morgan fingerprint density at radius 1 is 1.21 bits per heavy atom. The van der Waals surface area contributed by atoms with Crippen molar-refractivity contribution < 1.29 is 4.79 Å². The van der Waals surface area contributed by atoms with Crippen molar-refractivity contribution in [3.63, 3.8) is 0 Å². The van der Waals surface area contributed by atoms with Gasteiger partial charge in [0.1, 0.15) is 0 Å². The third kappa shape index (κ3) is 3.23. The summed E-state index contributed by atoms with van der Waals surface area (Å²) in [5.74, 6) is 0.710. The van der Waals surface area contributed by atoms with Crippen LogP contribution in [0.15, 0.2) is 30.3 Å². The maximum Gasteiger partial charge on any atom is 0.229 e. The van der Waals surface area contributed by atoms with Gasteiger partial charge in [0.2, 0.25) is 5.91 Å². The van der Waals surface area contributed by atoms with E-state index in [2.05, 4.69) is 40.6 Å². The quantitative estimate of drug-likeness (QED) is 0.898. The monoisotopic (exact) mass is 341 g/mol. The minimum Gasteiger partial charge on any atom is -0.328 e. The van der Waals surface area contributed by atoms with E-state index in [1.54, 1.807) is 11.3 Å². The zero-order valence-corrected chi connectivity index (χ0v) is 14.5. The Kier molecular flexibility index (Phi) is 4.37. The summed E-state index contributed by atoms with van der Waals surface area (Å²) < 4.78 is 0. The maximum absolute atomic E-state index is 12.4. The van der Waals surface area contributed by atoms with Crippen molar-refractivity contribution in [2.24, 2.45) is 11.7 Å². The van der Waals surface area contributed by atoms with Crippen molar-refractivity contribution in [1.82, 2.24) is 4.98 Å². The number of carbonyl (C=O) groups excluding carboxylic acids is 1. The molecule has 0 aliphatic heterocycles. The summed E-state index contributed by atoms with van der Waals surface area (Å²) >= 11 is 1.65. The molecule has 1 fully saturated rings. The van der Waals surface area contributed by atoms with Gasteiger partial charge in [-0.25, -0.2) is 4.98 Å². The second-order valence-corrected chi connectivity index (χ2v) is 8.08. The first-order chi connectivity index (χ1) is 11.7. The molecular formula is C19H23N3OS. The lowest BCUT2D eigenvalue weighted by atomic mass is 9.85. The molecule has 1 aromatic heterocycles. The van der Waals surface area contributed by atoms with E-state index in [1.165, 1.54) is 16.1 Å². The normalized spacial score (nSPS) is 26.1. The minimum absolute atomic E-state index is 0.0537. The van der Waals surface area contributed by atoms with Crippen LogP contribution in [-0.4, -0.2) is 16.9 Å². The Morgan fingerprint density at radius 2 is 2.04 bits per heavy atom. The van der Waals surface area contributed by atoms with Crippen molar-refractivity contribution in [3.8, 4) is 0 Å². The van der Waals surface area contributed by atoms with Crippen LogP contribution in [0.1, 0.15) is 47.7 Å². The predicted octanol–water partition coefficient (Wildman–Crippen LogP) is 3.48. The number of anilines is 1. The van der Waals surface area contributed by atoms with Crippen LogP contribution in [0, 0.1) is 5.92 Å². The van der Waals surface area contributed by atoms with Gasteiger partial charge in [-0.15, -0.1) is 11.3 Å². The van der Waals surface area contributed by atoms with Gasteiger partial charge < -0.3 is 11.1 Å². The number of aromatic nitrogens is 1. The average molecular weight is 341 g/mol. The number of hydrogen-bond acceptors (Lipinski definition) is 4. The molecule has 5 heteroatoms. The molecule has 0 saturated heterocycles. The van der Waals surface area contributed by atoms with E-state index in [1.807, 2.05) is 0 Å². The molecular weight excluding hydrogens is 318 g/mol. The van der Waals surface area contributed by atoms with E-state index in [9.17, 15) is 4.79 Å². The van der Waals surface area contributed by atoms with Gasteiger partial charge in [-0.1, -0.05) is 30.3 Å². The smallest absolute Gasteiger partial charge is 0.229 e. The van der Waals surface area contributed by atoms with Gasteiger partial charge in [-0.05, 0) is 50.0 Å². The molecule has 3 N–H and O–H groups in total. The molecule has 2 aliphatic rings. The van der Waals surface area contributed by atoms with Crippen molar-refractivity contribution in [3.05, 3.63) is 46.5 Å². The molecule has 1 saturated carbocycles. The van der Waals surface area contributed by atoms with Gasteiger partial charge in [0, 0.05) is 16.8 Å². The Morgan fingerprint density at radius 3 is 2.79 bits per heavy atom. The van der Waals surface area contributed by atoms with Gasteiger partial charge in [-0.2, -0.15) is 0 Å². The second kappa shape index (κ2) is 6.65. The molecule has 4 nitrogen and oxygen atoms in total. The first kappa shape index (κ1) is 15.8. The highest BCUT2D eigenvalue weighted by Crippen LogP contribution is 2.37. The average Bonchev–Trinajstić information content (AvgIpc) is 3.20. The maximum atomic E-state index is 12.4. The highest BCUT2D eigenvalue weighted by Gasteiger charge is 2.29. The van der Waals surface area contributed by atoms with E-state index in [0.717, 1.165) is 43.7 Å². The van der Waals surface area contributed by atoms with Gasteiger partial charge in [-0.3, -0.25) is 4.79 Å². The number of nitrogens with one attached hydrogen (secondary N) is 1. The summed E-state index contributed by atoms with van der Waals surface area (Å²) in [5.41, 5.74) is 8.49. The van der Waals surface area contributed by atoms with Crippen LogP contribution >= 0.6 is 11.3 Å². The first-order valence-electron chi connectivity index (χ1n) is 8.79. The molecule has 4 rings (SSSR count).